The number of aryl methyl sites for hydroxylation is 3. The van der Waals surface area contributed by atoms with Gasteiger partial charge in [0.15, 0.2) is 5.78 Å². The summed E-state index contributed by atoms with van der Waals surface area (Å²) < 4.78 is 0. The lowest BCUT2D eigenvalue weighted by Crippen LogP contribution is -2.02. The van der Waals surface area contributed by atoms with E-state index in [0.717, 1.165) is 6.42 Å². The zero-order valence-electron chi connectivity index (χ0n) is 10.2. The number of carbonyl (C=O) groups excluding carboxylic acids is 1. The van der Waals surface area contributed by atoms with Gasteiger partial charge in [-0.05, 0) is 31.4 Å². The molecule has 88 valence electrons. The van der Waals surface area contributed by atoms with Crippen LogP contribution in [0.5, 0.6) is 0 Å². The summed E-state index contributed by atoms with van der Waals surface area (Å²) in [6.45, 7) is 4.16. The Kier molecular flexibility index (Phi) is 3.38. The number of nitrogens with one attached hydrogen (secondary N) is 1. The Labute approximate surface area is 101 Å². The van der Waals surface area contributed by atoms with E-state index in [9.17, 15) is 4.79 Å². The van der Waals surface area contributed by atoms with Crippen LogP contribution in [-0.2, 0) is 6.42 Å². The molecule has 0 unspecified atom stereocenters. The first-order valence-corrected chi connectivity index (χ1v) is 5.74. The number of ketones is 1. The molecular formula is C14H16N2O. The molecule has 0 amide bonds. The third-order valence-electron chi connectivity index (χ3n) is 2.92. The molecule has 0 saturated carbocycles. The molecule has 0 aliphatic carbocycles. The molecule has 1 N–H and O–H groups in total. The molecule has 0 aliphatic rings. The van der Waals surface area contributed by atoms with Crippen molar-refractivity contribution in [2.75, 3.05) is 0 Å². The molecule has 17 heavy (non-hydrogen) atoms. The van der Waals surface area contributed by atoms with Gasteiger partial charge < -0.3 is 4.98 Å². The normalized spacial score (nSPS) is 10.5. The second-order valence-electron chi connectivity index (χ2n) is 4.32. The SMILES string of the molecule is Cc1ccc(CCC(=O)c2cnc[nH]2)c(C)c1. The highest BCUT2D eigenvalue weighted by atomic mass is 16.1. The van der Waals surface area contributed by atoms with Crippen LogP contribution in [-0.4, -0.2) is 15.8 Å². The molecule has 2 aromatic rings. The van der Waals surface area contributed by atoms with Crippen molar-refractivity contribution in [1.82, 2.24) is 9.97 Å². The van der Waals surface area contributed by atoms with E-state index in [1.54, 1.807) is 6.20 Å². The average molecular weight is 228 g/mol. The summed E-state index contributed by atoms with van der Waals surface area (Å²) in [6.07, 6.45) is 4.41. The van der Waals surface area contributed by atoms with Crippen LogP contribution in [0.15, 0.2) is 30.7 Å². The van der Waals surface area contributed by atoms with E-state index >= 15 is 0 Å². The quantitative estimate of drug-likeness (QED) is 0.818. The third-order valence-corrected chi connectivity index (χ3v) is 2.92. The minimum absolute atomic E-state index is 0.113. The molecule has 2 rings (SSSR count). The molecule has 0 fully saturated rings. The van der Waals surface area contributed by atoms with Crippen LogP contribution in [0.2, 0.25) is 0 Å². The Morgan fingerprint density at radius 1 is 1.35 bits per heavy atom. The maximum atomic E-state index is 11.8. The molecule has 1 aromatic carbocycles. The molecule has 0 atom stereocenters. The van der Waals surface area contributed by atoms with Crippen LogP contribution in [0, 0.1) is 13.8 Å². The van der Waals surface area contributed by atoms with Crippen LogP contribution in [0.3, 0.4) is 0 Å². The van der Waals surface area contributed by atoms with Gasteiger partial charge in [0.1, 0.15) is 5.69 Å². The molecule has 1 heterocycles. The van der Waals surface area contributed by atoms with Gasteiger partial charge in [-0.15, -0.1) is 0 Å². The van der Waals surface area contributed by atoms with Gasteiger partial charge in [0, 0.05) is 6.42 Å². The zero-order valence-corrected chi connectivity index (χ0v) is 10.2. The van der Waals surface area contributed by atoms with Gasteiger partial charge in [0.05, 0.1) is 12.5 Å². The highest BCUT2D eigenvalue weighted by Crippen LogP contribution is 2.13. The Hall–Kier alpha value is -1.90. The average Bonchev–Trinajstić information content (AvgIpc) is 2.81. The molecule has 3 heteroatoms. The van der Waals surface area contributed by atoms with Gasteiger partial charge in [-0.1, -0.05) is 23.8 Å². The van der Waals surface area contributed by atoms with Crippen LogP contribution in [0.4, 0.5) is 0 Å². The Morgan fingerprint density at radius 2 is 2.18 bits per heavy atom. The van der Waals surface area contributed by atoms with E-state index in [-0.39, 0.29) is 5.78 Å². The Bertz CT molecular complexity index is 515. The van der Waals surface area contributed by atoms with Gasteiger partial charge in [-0.2, -0.15) is 0 Å². The second kappa shape index (κ2) is 4.95. The van der Waals surface area contributed by atoms with Crippen molar-refractivity contribution in [3.8, 4) is 0 Å². The highest BCUT2D eigenvalue weighted by Gasteiger charge is 2.08. The summed E-state index contributed by atoms with van der Waals surface area (Å²) in [5.41, 5.74) is 4.34. The number of nitrogens with zero attached hydrogens (tertiary/aromatic N) is 1. The first kappa shape index (κ1) is 11.6. The van der Waals surface area contributed by atoms with E-state index in [1.165, 1.54) is 23.0 Å². The van der Waals surface area contributed by atoms with E-state index < -0.39 is 0 Å². The topological polar surface area (TPSA) is 45.8 Å². The number of Topliss-reactive ketones (excluding diaryl/α,β-unsaturated/α-hetero) is 1. The van der Waals surface area contributed by atoms with Gasteiger partial charge in [-0.25, -0.2) is 4.98 Å². The van der Waals surface area contributed by atoms with Crippen molar-refractivity contribution in [2.45, 2.75) is 26.7 Å². The van der Waals surface area contributed by atoms with Crippen molar-refractivity contribution < 1.29 is 4.79 Å². The predicted molar refractivity (Wildman–Crippen MR) is 67.2 cm³/mol. The fourth-order valence-corrected chi connectivity index (χ4v) is 1.92. The number of rotatable bonds is 4. The maximum Gasteiger partial charge on any atom is 0.180 e. The number of carbonyl (C=O) groups is 1. The van der Waals surface area contributed by atoms with Crippen molar-refractivity contribution in [3.05, 3.63) is 53.1 Å². The van der Waals surface area contributed by atoms with E-state index in [4.69, 9.17) is 0 Å². The molecule has 1 aromatic heterocycles. The minimum Gasteiger partial charge on any atom is -0.342 e. The number of aromatic nitrogens is 2. The Morgan fingerprint density at radius 3 is 2.82 bits per heavy atom. The van der Waals surface area contributed by atoms with E-state index in [2.05, 4.69) is 42.0 Å². The van der Waals surface area contributed by atoms with Crippen molar-refractivity contribution in [3.63, 3.8) is 0 Å². The predicted octanol–water partition coefficient (Wildman–Crippen LogP) is 2.84. The molecule has 0 aliphatic heterocycles. The lowest BCUT2D eigenvalue weighted by Gasteiger charge is -2.05. The molecule has 0 radical (unpaired) electrons. The summed E-state index contributed by atoms with van der Waals surface area (Å²) in [6, 6.07) is 6.34. The molecular weight excluding hydrogens is 212 g/mol. The minimum atomic E-state index is 0.113. The van der Waals surface area contributed by atoms with E-state index in [0.29, 0.717) is 12.1 Å². The fourth-order valence-electron chi connectivity index (χ4n) is 1.92. The van der Waals surface area contributed by atoms with Crippen LogP contribution < -0.4 is 0 Å². The number of hydrogen-bond donors (Lipinski definition) is 1. The van der Waals surface area contributed by atoms with Crippen molar-refractivity contribution >= 4 is 5.78 Å². The molecule has 0 saturated heterocycles. The number of imidazole rings is 1. The summed E-state index contributed by atoms with van der Waals surface area (Å²) in [5.74, 6) is 0.113. The fraction of sp³-hybridized carbons (Fsp3) is 0.286. The van der Waals surface area contributed by atoms with Gasteiger partial charge in [-0.3, -0.25) is 4.79 Å². The number of benzene rings is 1. The largest absolute Gasteiger partial charge is 0.342 e. The third kappa shape index (κ3) is 2.81. The number of hydrogen-bond acceptors (Lipinski definition) is 2. The smallest absolute Gasteiger partial charge is 0.180 e. The first-order chi connectivity index (χ1) is 8.16. The summed E-state index contributed by atoms with van der Waals surface area (Å²) in [4.78, 5) is 18.5. The van der Waals surface area contributed by atoms with Crippen LogP contribution in [0.1, 0.15) is 33.6 Å². The second-order valence-corrected chi connectivity index (χ2v) is 4.32. The van der Waals surface area contributed by atoms with Gasteiger partial charge in [0.2, 0.25) is 0 Å². The monoisotopic (exact) mass is 228 g/mol. The lowest BCUT2D eigenvalue weighted by molar-refractivity contribution is 0.0978. The Balaban J connectivity index is 2.01. The molecule has 0 spiro atoms. The number of aromatic amines is 1. The standard InChI is InChI=1S/C14H16N2O/c1-10-3-4-12(11(2)7-10)5-6-14(17)13-8-15-9-16-13/h3-4,7-9H,5-6H2,1-2H3,(H,15,16). The van der Waals surface area contributed by atoms with Crippen LogP contribution >= 0.6 is 0 Å². The van der Waals surface area contributed by atoms with Crippen LogP contribution in [0.25, 0.3) is 0 Å². The summed E-state index contributed by atoms with van der Waals surface area (Å²) >= 11 is 0. The van der Waals surface area contributed by atoms with Crippen molar-refractivity contribution in [1.29, 1.82) is 0 Å². The maximum absolute atomic E-state index is 11.8. The van der Waals surface area contributed by atoms with Gasteiger partial charge in [0.25, 0.3) is 0 Å². The lowest BCUT2D eigenvalue weighted by atomic mass is 10.00. The van der Waals surface area contributed by atoms with E-state index in [1.807, 2.05) is 0 Å². The highest BCUT2D eigenvalue weighted by molar-refractivity contribution is 5.94. The van der Waals surface area contributed by atoms with Crippen molar-refractivity contribution in [2.24, 2.45) is 0 Å². The number of H-pyrrole nitrogens is 1. The zero-order chi connectivity index (χ0) is 12.3. The molecule has 0 bridgehead atoms. The first-order valence-electron chi connectivity index (χ1n) is 5.74. The summed E-state index contributed by atoms with van der Waals surface area (Å²) in [7, 11) is 0. The van der Waals surface area contributed by atoms with Gasteiger partial charge >= 0.3 is 0 Å². The summed E-state index contributed by atoms with van der Waals surface area (Å²) in [5, 5.41) is 0. The molecule has 3 nitrogen and oxygen atoms in total.